The van der Waals surface area contributed by atoms with Gasteiger partial charge in [-0.25, -0.2) is 0 Å². The number of halogens is 1. The van der Waals surface area contributed by atoms with E-state index in [0.717, 1.165) is 9.94 Å². The van der Waals surface area contributed by atoms with Crippen LogP contribution in [0.2, 0.25) is 0 Å². The van der Waals surface area contributed by atoms with E-state index in [9.17, 15) is 0 Å². The highest BCUT2D eigenvalue weighted by Gasteiger charge is 2.52. The lowest BCUT2D eigenvalue weighted by Gasteiger charge is -2.32. The zero-order valence-electron chi connectivity index (χ0n) is 64.9. The van der Waals surface area contributed by atoms with Crippen LogP contribution in [0, 0.1) is 0 Å². The monoisotopic (exact) mass is 1560 g/mol. The summed E-state index contributed by atoms with van der Waals surface area (Å²) in [6, 6.07) is 125. The Bertz CT molecular complexity index is 7400. The Labute approximate surface area is 681 Å². The molecule has 0 unspecified atom stereocenters. The second-order valence-corrected chi connectivity index (χ2v) is 36.3. The first-order valence-corrected chi connectivity index (χ1v) is 42.1. The van der Waals surface area contributed by atoms with Crippen molar-refractivity contribution in [1.29, 1.82) is 0 Å². The standard InChI is InChI=1S/C51H34S.C33H31BO2.C24H15BrS/c1-51(2)47-22-7-5-18-40(47)46-29-44-38-17-4-3-16-37(38)43-28-34(24-25-39(43)45(44)30-48(46)51)32-13-9-12-31(26-32)33-14-10-15-35(27-33)36-20-11-21-42-41-19-6-8-23-49(41)52-50(36)42;1-31(2)29-14-10-9-13-24(29)28-18-26-22-12-8-7-11-21(22)25-17-20(15-16-23(25)27(26)19-30(28)31)34-35-32(3,4)33(5,6)36-34;25-19-9-4-7-17(15-19)16-6-3-8-18(14-16)20-11-5-12-22-21-10-1-2-13-23(21)26-24(20)22/h3-30H,1-2H3;7-19H,1-6H3;1-15H. The summed E-state index contributed by atoms with van der Waals surface area (Å²) in [6.45, 7) is 17.9. The smallest absolute Gasteiger partial charge is 0.399 e. The van der Waals surface area contributed by atoms with Gasteiger partial charge in [-0.05, 0) is 271 Å². The summed E-state index contributed by atoms with van der Waals surface area (Å²) in [7, 11) is -0.373. The second kappa shape index (κ2) is 26.8. The average molecular weight is 1560 g/mol. The van der Waals surface area contributed by atoms with Crippen LogP contribution in [0.15, 0.2) is 344 Å². The summed E-state index contributed by atoms with van der Waals surface area (Å²) in [5.41, 5.74) is 23.9. The van der Waals surface area contributed by atoms with Crippen LogP contribution in [0.4, 0.5) is 0 Å². The van der Waals surface area contributed by atoms with E-state index in [1.54, 1.807) is 0 Å². The van der Waals surface area contributed by atoms with Crippen LogP contribution in [0.5, 0.6) is 0 Å². The van der Waals surface area contributed by atoms with Gasteiger partial charge in [0.05, 0.1) is 11.2 Å². The van der Waals surface area contributed by atoms with Crippen LogP contribution in [0.3, 0.4) is 0 Å². The summed E-state index contributed by atoms with van der Waals surface area (Å²) < 4.78 is 19.3. The van der Waals surface area contributed by atoms with Crippen LogP contribution < -0.4 is 5.46 Å². The second-order valence-electron chi connectivity index (χ2n) is 33.3. The molecule has 20 aromatic rings. The number of hydrogen-bond donors (Lipinski definition) is 0. The highest BCUT2D eigenvalue weighted by atomic mass is 79.9. The maximum atomic E-state index is 6.40. The zero-order chi connectivity index (χ0) is 77.1. The van der Waals surface area contributed by atoms with E-state index in [1.165, 1.54) is 205 Å². The van der Waals surface area contributed by atoms with Gasteiger partial charge in [-0.1, -0.05) is 311 Å². The minimum atomic E-state index is -0.373. The Kier molecular flexibility index (Phi) is 16.5. The van der Waals surface area contributed by atoms with Gasteiger partial charge in [0.15, 0.2) is 0 Å². The first-order valence-electron chi connectivity index (χ1n) is 39.7. The number of hydrogen-bond acceptors (Lipinski definition) is 4. The van der Waals surface area contributed by atoms with E-state index < -0.39 is 0 Å². The highest BCUT2D eigenvalue weighted by Crippen LogP contribution is 2.54. The molecule has 6 heteroatoms. The molecule has 3 aliphatic rings. The predicted octanol–water partition coefficient (Wildman–Crippen LogP) is 30.7. The lowest BCUT2D eigenvalue weighted by Crippen LogP contribution is -2.41. The number of fused-ring (bicyclic) bond motifs is 24. The van der Waals surface area contributed by atoms with Crippen molar-refractivity contribution in [1.82, 2.24) is 0 Å². The third-order valence-corrected chi connectivity index (χ3v) is 28.4. The molecule has 3 heterocycles. The van der Waals surface area contributed by atoms with Crippen molar-refractivity contribution in [3.8, 4) is 77.9 Å². The third-order valence-electron chi connectivity index (χ3n) is 25.5. The normalized spacial score (nSPS) is 14.7. The molecule has 2 aromatic heterocycles. The highest BCUT2D eigenvalue weighted by molar-refractivity contribution is 9.10. The van der Waals surface area contributed by atoms with E-state index in [0.29, 0.717) is 0 Å². The van der Waals surface area contributed by atoms with Crippen molar-refractivity contribution in [2.24, 2.45) is 0 Å². The van der Waals surface area contributed by atoms with E-state index in [4.69, 9.17) is 9.31 Å². The van der Waals surface area contributed by atoms with Gasteiger partial charge in [0.1, 0.15) is 0 Å². The van der Waals surface area contributed by atoms with Crippen molar-refractivity contribution >= 4 is 156 Å². The van der Waals surface area contributed by atoms with Crippen LogP contribution in [-0.2, 0) is 20.1 Å². The van der Waals surface area contributed by atoms with Gasteiger partial charge in [0, 0.05) is 55.6 Å². The van der Waals surface area contributed by atoms with Gasteiger partial charge in [0.25, 0.3) is 0 Å². The maximum absolute atomic E-state index is 6.40. The Morgan fingerprint density at radius 1 is 0.228 bits per heavy atom. The molecule has 1 fully saturated rings. The summed E-state index contributed by atoms with van der Waals surface area (Å²) in [5.74, 6) is 0. The Hall–Kier alpha value is -11.6. The van der Waals surface area contributed by atoms with Crippen molar-refractivity contribution in [3.63, 3.8) is 0 Å². The summed E-state index contributed by atoms with van der Waals surface area (Å²) in [4.78, 5) is 0. The Morgan fingerprint density at radius 2 is 0.553 bits per heavy atom. The number of rotatable bonds is 6. The van der Waals surface area contributed by atoms with Gasteiger partial charge >= 0.3 is 7.12 Å². The molecular weight excluding hydrogens is 1480 g/mol. The molecule has 0 saturated carbocycles. The third kappa shape index (κ3) is 11.4. The molecule has 1 aliphatic heterocycles. The largest absolute Gasteiger partial charge is 0.494 e. The van der Waals surface area contributed by atoms with Gasteiger partial charge < -0.3 is 9.31 Å². The van der Waals surface area contributed by atoms with E-state index in [2.05, 4.69) is 411 Å². The molecule has 0 bridgehead atoms. The molecule has 2 aliphatic carbocycles. The van der Waals surface area contributed by atoms with Crippen molar-refractivity contribution in [2.75, 3.05) is 0 Å². The first-order chi connectivity index (χ1) is 55.4. The van der Waals surface area contributed by atoms with Gasteiger partial charge in [-0.3, -0.25) is 0 Å². The van der Waals surface area contributed by atoms with Gasteiger partial charge in [-0.15, -0.1) is 22.7 Å². The quantitative estimate of drug-likeness (QED) is 0.122. The molecule has 546 valence electrons. The zero-order valence-corrected chi connectivity index (χ0v) is 68.1. The Morgan fingerprint density at radius 3 is 1.02 bits per heavy atom. The minimum Gasteiger partial charge on any atom is -0.399 e. The van der Waals surface area contributed by atoms with Crippen LogP contribution >= 0.6 is 38.6 Å². The molecule has 0 amide bonds. The lowest BCUT2D eigenvalue weighted by molar-refractivity contribution is 0.00578. The SMILES string of the molecule is Brc1cccc(-c2cccc(-c3cccc4c3sc3ccccc34)c2)c1.CC1(C)c2ccccc2-c2cc3c4ccccc4c4cc(-c5cccc(-c6cccc(-c7cccc8c7sc7ccccc78)c6)c5)ccc4c3cc21.CC1(C)c2ccccc2-c2cc3c4ccccc4c4cc(B5OC(C)(C)C(C)(C)O5)ccc4c3cc21. The molecule has 0 atom stereocenters. The minimum absolute atomic E-state index is 0.0271. The fraction of sp³-hybridized carbons (Fsp3) is 0.111. The number of thiophene rings is 2. The molecule has 114 heavy (non-hydrogen) atoms. The van der Waals surface area contributed by atoms with Crippen molar-refractivity contribution in [3.05, 3.63) is 366 Å². The molecule has 23 rings (SSSR count). The number of benzene rings is 18. The molecular formula is C108H80BBrO2S2. The van der Waals surface area contributed by atoms with Crippen molar-refractivity contribution in [2.45, 2.75) is 77.4 Å². The first kappa shape index (κ1) is 70.3. The van der Waals surface area contributed by atoms with E-state index in [1.807, 2.05) is 22.7 Å². The molecule has 2 nitrogen and oxygen atoms in total. The maximum Gasteiger partial charge on any atom is 0.494 e. The summed E-state index contributed by atoms with van der Waals surface area (Å²) >= 11 is 7.35. The predicted molar refractivity (Wildman–Crippen MR) is 496 cm³/mol. The van der Waals surface area contributed by atoms with Crippen LogP contribution in [0.25, 0.3) is 183 Å². The van der Waals surface area contributed by atoms with Crippen LogP contribution in [0.1, 0.15) is 77.6 Å². The van der Waals surface area contributed by atoms with Crippen molar-refractivity contribution < 1.29 is 9.31 Å². The van der Waals surface area contributed by atoms with E-state index in [-0.39, 0.29) is 29.2 Å². The Balaban J connectivity index is 0.000000114. The molecule has 0 N–H and O–H groups in total. The lowest BCUT2D eigenvalue weighted by atomic mass is 9.77. The van der Waals surface area contributed by atoms with Gasteiger partial charge in [0.2, 0.25) is 0 Å². The summed E-state index contributed by atoms with van der Waals surface area (Å²) in [6.07, 6.45) is 0. The molecule has 1 saturated heterocycles. The van der Waals surface area contributed by atoms with Crippen LogP contribution in [-0.4, -0.2) is 18.3 Å². The topological polar surface area (TPSA) is 18.5 Å². The molecule has 0 radical (unpaired) electrons. The fourth-order valence-corrected chi connectivity index (χ4v) is 21.7. The molecule has 18 aromatic carbocycles. The van der Waals surface area contributed by atoms with E-state index >= 15 is 0 Å². The van der Waals surface area contributed by atoms with Gasteiger partial charge in [-0.2, -0.15) is 0 Å². The summed E-state index contributed by atoms with van der Waals surface area (Å²) in [5, 5.41) is 21.0. The molecule has 0 spiro atoms. The average Bonchev–Trinajstić information content (AvgIpc) is 1.42. The fourth-order valence-electron chi connectivity index (χ4n) is 18.8.